The van der Waals surface area contributed by atoms with Crippen molar-refractivity contribution in [3.63, 3.8) is 0 Å². The zero-order valence-corrected chi connectivity index (χ0v) is 20.4. The van der Waals surface area contributed by atoms with Crippen molar-refractivity contribution in [3.05, 3.63) is 95.1 Å². The second-order valence-corrected chi connectivity index (χ2v) is 9.37. The number of hydrogen-bond acceptors (Lipinski definition) is 5. The predicted molar refractivity (Wildman–Crippen MR) is 134 cm³/mol. The minimum Gasteiger partial charge on any atom is -0.454 e. The van der Waals surface area contributed by atoms with Crippen LogP contribution in [0.5, 0.6) is 11.5 Å². The van der Waals surface area contributed by atoms with Gasteiger partial charge in [0.2, 0.25) is 6.79 Å². The van der Waals surface area contributed by atoms with Crippen LogP contribution in [0, 0.1) is 11.6 Å². The molecule has 0 radical (unpaired) electrons. The van der Waals surface area contributed by atoms with E-state index in [1.807, 2.05) is 6.07 Å². The third kappa shape index (κ3) is 6.40. The summed E-state index contributed by atoms with van der Waals surface area (Å²) in [6, 6.07) is 18.8. The molecule has 2 aliphatic heterocycles. The summed E-state index contributed by atoms with van der Waals surface area (Å²) in [6.45, 7) is 7.05. The van der Waals surface area contributed by atoms with Gasteiger partial charge < -0.3 is 19.1 Å². The molecule has 5 nitrogen and oxygen atoms in total. The summed E-state index contributed by atoms with van der Waals surface area (Å²) >= 11 is 0. The molecule has 0 aromatic heterocycles. The van der Waals surface area contributed by atoms with Gasteiger partial charge in [0.1, 0.15) is 17.7 Å². The zero-order valence-electron chi connectivity index (χ0n) is 20.4. The average molecular weight is 495 g/mol. The van der Waals surface area contributed by atoms with Gasteiger partial charge in [0.15, 0.2) is 11.5 Å². The average Bonchev–Trinajstić information content (AvgIpc) is 3.37. The summed E-state index contributed by atoms with van der Waals surface area (Å²) in [5.74, 6) is 1.10. The molecule has 2 aliphatic rings. The van der Waals surface area contributed by atoms with Crippen LogP contribution in [0.2, 0.25) is 0 Å². The largest absolute Gasteiger partial charge is 0.454 e. The lowest BCUT2D eigenvalue weighted by molar-refractivity contribution is 0.0723. The number of fused-ring (bicyclic) bond motifs is 1. The molecule has 0 aliphatic carbocycles. The lowest BCUT2D eigenvalue weighted by atomic mass is 10.0. The Morgan fingerprint density at radius 2 is 1.33 bits per heavy atom. The van der Waals surface area contributed by atoms with Crippen LogP contribution in [0.25, 0.3) is 0 Å². The molecule has 7 heteroatoms. The molecule has 190 valence electrons. The highest BCUT2D eigenvalue weighted by Crippen LogP contribution is 2.33. The number of benzene rings is 3. The van der Waals surface area contributed by atoms with Crippen LogP contribution in [0.15, 0.2) is 66.7 Å². The van der Waals surface area contributed by atoms with E-state index in [0.717, 1.165) is 74.7 Å². The summed E-state index contributed by atoms with van der Waals surface area (Å²) in [5.41, 5.74) is 2.98. The molecule has 0 saturated carbocycles. The Balaban J connectivity index is 1.04. The third-order valence-electron chi connectivity index (χ3n) is 6.81. The van der Waals surface area contributed by atoms with Gasteiger partial charge in [-0.05, 0) is 72.5 Å². The normalized spacial score (nSPS) is 16.1. The summed E-state index contributed by atoms with van der Waals surface area (Å²) in [6.07, 6.45) is 1.63. The van der Waals surface area contributed by atoms with Crippen LogP contribution in [0.1, 0.15) is 35.6 Å². The van der Waals surface area contributed by atoms with Crippen molar-refractivity contribution in [1.82, 2.24) is 9.80 Å². The van der Waals surface area contributed by atoms with Crippen LogP contribution in [0.3, 0.4) is 0 Å². The Morgan fingerprint density at radius 1 is 0.722 bits per heavy atom. The molecule has 2 heterocycles. The SMILES string of the molecule is Fc1ccc(C(OCCCCN2CCN(Cc3ccc4c(c3)OCO4)CC2)c2ccc(F)cc2)cc1. The first-order valence-corrected chi connectivity index (χ1v) is 12.6. The lowest BCUT2D eigenvalue weighted by Gasteiger charge is -2.34. The molecule has 0 unspecified atom stereocenters. The molecule has 1 saturated heterocycles. The van der Waals surface area contributed by atoms with Crippen molar-refractivity contribution >= 4 is 0 Å². The van der Waals surface area contributed by atoms with E-state index >= 15 is 0 Å². The van der Waals surface area contributed by atoms with Gasteiger partial charge in [0.25, 0.3) is 0 Å². The van der Waals surface area contributed by atoms with Crippen LogP contribution < -0.4 is 9.47 Å². The van der Waals surface area contributed by atoms with E-state index in [2.05, 4.69) is 21.9 Å². The standard InChI is InChI=1S/C29H32F2N2O3/c30-25-8-4-23(5-9-25)29(24-6-10-26(31)11-7-24)34-18-2-1-13-32-14-16-33(17-15-32)20-22-3-12-27-28(19-22)36-21-35-27/h3-12,19,29H,1-2,13-18,20-21H2. The maximum absolute atomic E-state index is 13.4. The van der Waals surface area contributed by atoms with E-state index in [1.54, 1.807) is 24.3 Å². The molecule has 5 rings (SSSR count). The van der Waals surface area contributed by atoms with Crippen molar-refractivity contribution in [2.45, 2.75) is 25.5 Å². The lowest BCUT2D eigenvalue weighted by Crippen LogP contribution is -2.46. The Bertz CT molecular complexity index is 1070. The summed E-state index contributed by atoms with van der Waals surface area (Å²) in [4.78, 5) is 4.99. The van der Waals surface area contributed by atoms with Crippen LogP contribution in [-0.2, 0) is 11.3 Å². The second-order valence-electron chi connectivity index (χ2n) is 9.37. The van der Waals surface area contributed by atoms with Crippen molar-refractivity contribution in [3.8, 4) is 11.5 Å². The molecular weight excluding hydrogens is 462 g/mol. The van der Waals surface area contributed by atoms with Gasteiger partial charge in [-0.2, -0.15) is 0 Å². The van der Waals surface area contributed by atoms with Crippen molar-refractivity contribution in [2.24, 2.45) is 0 Å². The fraction of sp³-hybridized carbons (Fsp3) is 0.379. The third-order valence-corrected chi connectivity index (χ3v) is 6.81. The monoisotopic (exact) mass is 494 g/mol. The molecule has 0 spiro atoms. The Hall–Kier alpha value is -3.00. The Kier molecular flexibility index (Phi) is 8.11. The van der Waals surface area contributed by atoms with E-state index in [-0.39, 0.29) is 17.7 Å². The fourth-order valence-electron chi connectivity index (χ4n) is 4.77. The first kappa shape index (κ1) is 24.7. The van der Waals surface area contributed by atoms with Crippen molar-refractivity contribution < 1.29 is 23.0 Å². The van der Waals surface area contributed by atoms with Gasteiger partial charge >= 0.3 is 0 Å². The van der Waals surface area contributed by atoms with Gasteiger partial charge in [-0.25, -0.2) is 8.78 Å². The summed E-state index contributed by atoms with van der Waals surface area (Å²) in [5, 5.41) is 0. The highest BCUT2D eigenvalue weighted by atomic mass is 19.1. The number of halogens is 2. The topological polar surface area (TPSA) is 34.2 Å². The van der Waals surface area contributed by atoms with Gasteiger partial charge in [0.05, 0.1) is 0 Å². The van der Waals surface area contributed by atoms with E-state index in [1.165, 1.54) is 29.8 Å². The minimum absolute atomic E-state index is 0.285. The van der Waals surface area contributed by atoms with Crippen LogP contribution in [0.4, 0.5) is 8.78 Å². The predicted octanol–water partition coefficient (Wildman–Crippen LogP) is 5.40. The van der Waals surface area contributed by atoms with Crippen molar-refractivity contribution in [1.29, 1.82) is 0 Å². The number of nitrogens with zero attached hydrogens (tertiary/aromatic N) is 2. The van der Waals surface area contributed by atoms with Crippen molar-refractivity contribution in [2.75, 3.05) is 46.1 Å². The Morgan fingerprint density at radius 3 is 2.00 bits per heavy atom. The smallest absolute Gasteiger partial charge is 0.231 e. The van der Waals surface area contributed by atoms with Crippen LogP contribution in [-0.4, -0.2) is 55.9 Å². The fourth-order valence-corrected chi connectivity index (χ4v) is 4.77. The number of rotatable bonds is 10. The van der Waals surface area contributed by atoms with E-state index < -0.39 is 0 Å². The van der Waals surface area contributed by atoms with E-state index in [4.69, 9.17) is 14.2 Å². The second kappa shape index (κ2) is 11.8. The minimum atomic E-state index is -0.342. The maximum atomic E-state index is 13.4. The summed E-state index contributed by atoms with van der Waals surface area (Å²) < 4.78 is 43.9. The van der Waals surface area contributed by atoms with Gasteiger partial charge in [-0.1, -0.05) is 30.3 Å². The Labute approximate surface area is 211 Å². The highest BCUT2D eigenvalue weighted by Gasteiger charge is 2.19. The molecule has 0 atom stereocenters. The first-order valence-electron chi connectivity index (χ1n) is 12.6. The quantitative estimate of drug-likeness (QED) is 0.353. The number of hydrogen-bond donors (Lipinski definition) is 0. The highest BCUT2D eigenvalue weighted by molar-refractivity contribution is 5.44. The number of ether oxygens (including phenoxy) is 3. The van der Waals surface area contributed by atoms with Gasteiger partial charge in [-0.15, -0.1) is 0 Å². The number of unbranched alkanes of at least 4 members (excludes halogenated alkanes) is 1. The molecule has 0 amide bonds. The molecule has 0 N–H and O–H groups in total. The molecule has 3 aromatic rings. The maximum Gasteiger partial charge on any atom is 0.231 e. The van der Waals surface area contributed by atoms with E-state index in [9.17, 15) is 8.78 Å². The zero-order chi connectivity index (χ0) is 24.7. The molecule has 1 fully saturated rings. The molecule has 36 heavy (non-hydrogen) atoms. The van der Waals surface area contributed by atoms with E-state index in [0.29, 0.717) is 13.4 Å². The molecule has 3 aromatic carbocycles. The van der Waals surface area contributed by atoms with Gasteiger partial charge in [0, 0.05) is 39.3 Å². The number of piperazine rings is 1. The molecule has 0 bridgehead atoms. The first-order chi connectivity index (χ1) is 17.6. The summed E-state index contributed by atoms with van der Waals surface area (Å²) in [7, 11) is 0. The molecular formula is C29H32F2N2O3. The van der Waals surface area contributed by atoms with Crippen LogP contribution >= 0.6 is 0 Å². The van der Waals surface area contributed by atoms with Gasteiger partial charge in [-0.3, -0.25) is 4.90 Å².